The van der Waals surface area contributed by atoms with Crippen LogP contribution in [-0.2, 0) is 6.42 Å². The zero-order valence-electron chi connectivity index (χ0n) is 10.5. The minimum atomic E-state index is -0.0708. The van der Waals surface area contributed by atoms with Crippen molar-refractivity contribution in [1.29, 1.82) is 0 Å². The largest absolute Gasteiger partial charge is 0.313 e. The smallest absolute Gasteiger partial charge is 0.254 e. The predicted molar refractivity (Wildman–Crippen MR) is 74.0 cm³/mol. The first-order chi connectivity index (χ1) is 8.63. The van der Waals surface area contributed by atoms with Gasteiger partial charge in [-0.25, -0.2) is 4.98 Å². The molecule has 0 atom stereocenters. The fourth-order valence-corrected chi connectivity index (χ4v) is 2.08. The summed E-state index contributed by atoms with van der Waals surface area (Å²) in [5, 5.41) is 0.692. The molecule has 0 aliphatic carbocycles. The zero-order chi connectivity index (χ0) is 13.1. The van der Waals surface area contributed by atoms with Crippen LogP contribution in [0.25, 0.3) is 11.3 Å². The molecule has 1 aromatic carbocycles. The molecule has 0 aliphatic rings. The van der Waals surface area contributed by atoms with E-state index in [0.29, 0.717) is 11.4 Å². The fraction of sp³-hybridized carbons (Fsp3) is 0.286. The third kappa shape index (κ3) is 2.46. The highest BCUT2D eigenvalue weighted by Crippen LogP contribution is 2.25. The van der Waals surface area contributed by atoms with E-state index < -0.39 is 0 Å². The molecule has 0 saturated carbocycles. The highest BCUT2D eigenvalue weighted by molar-refractivity contribution is 6.31. The molecule has 0 bridgehead atoms. The van der Waals surface area contributed by atoms with Crippen molar-refractivity contribution in [3.8, 4) is 11.3 Å². The van der Waals surface area contributed by atoms with Gasteiger partial charge in [-0.05, 0) is 25.0 Å². The maximum absolute atomic E-state index is 11.8. The summed E-state index contributed by atoms with van der Waals surface area (Å²) in [7, 11) is 0. The van der Waals surface area contributed by atoms with Crippen molar-refractivity contribution in [1.82, 2.24) is 9.97 Å². The van der Waals surface area contributed by atoms with Crippen molar-refractivity contribution in [2.45, 2.75) is 26.7 Å². The highest BCUT2D eigenvalue weighted by Gasteiger charge is 2.10. The lowest BCUT2D eigenvalue weighted by atomic mass is 10.0. The van der Waals surface area contributed by atoms with E-state index in [-0.39, 0.29) is 5.56 Å². The molecule has 18 heavy (non-hydrogen) atoms. The molecule has 1 aromatic heterocycles. The summed E-state index contributed by atoms with van der Waals surface area (Å²) in [5.41, 5.74) is 3.28. The first kappa shape index (κ1) is 12.8. The lowest BCUT2D eigenvalue weighted by Gasteiger charge is -2.08. The van der Waals surface area contributed by atoms with E-state index >= 15 is 0 Å². The molecule has 0 radical (unpaired) electrons. The number of hydrogen-bond donors (Lipinski definition) is 1. The molecule has 4 heteroatoms. The van der Waals surface area contributed by atoms with Crippen molar-refractivity contribution in [2.24, 2.45) is 0 Å². The van der Waals surface area contributed by atoms with Crippen molar-refractivity contribution in [3.05, 3.63) is 51.0 Å². The summed E-state index contributed by atoms with van der Waals surface area (Å²) in [6.45, 7) is 3.99. The van der Waals surface area contributed by atoms with Crippen LogP contribution in [0.1, 0.15) is 24.5 Å². The number of halogens is 1. The fourth-order valence-electron chi connectivity index (χ4n) is 1.90. The molecule has 1 N–H and O–H groups in total. The number of nitrogens with one attached hydrogen (secondary N) is 1. The Labute approximate surface area is 111 Å². The molecular formula is C14H15ClN2O. The van der Waals surface area contributed by atoms with E-state index in [1.807, 2.05) is 32.0 Å². The summed E-state index contributed by atoms with van der Waals surface area (Å²) in [4.78, 5) is 18.7. The third-order valence-electron chi connectivity index (χ3n) is 2.89. The summed E-state index contributed by atoms with van der Waals surface area (Å²) >= 11 is 6.12. The Hall–Kier alpha value is -1.61. The van der Waals surface area contributed by atoms with Crippen molar-refractivity contribution in [3.63, 3.8) is 0 Å². The van der Waals surface area contributed by atoms with Gasteiger partial charge in [0.05, 0.1) is 12.0 Å². The van der Waals surface area contributed by atoms with Gasteiger partial charge in [0.1, 0.15) is 0 Å². The number of hydrogen-bond acceptors (Lipinski definition) is 2. The minimum Gasteiger partial charge on any atom is -0.313 e. The third-order valence-corrected chi connectivity index (χ3v) is 3.30. The van der Waals surface area contributed by atoms with E-state index in [9.17, 15) is 4.79 Å². The van der Waals surface area contributed by atoms with Gasteiger partial charge < -0.3 is 4.98 Å². The Morgan fingerprint density at radius 3 is 2.83 bits per heavy atom. The molecule has 0 saturated heterocycles. The molecular weight excluding hydrogens is 248 g/mol. The quantitative estimate of drug-likeness (QED) is 0.922. The van der Waals surface area contributed by atoms with E-state index in [1.54, 1.807) is 0 Å². The molecule has 0 unspecified atom stereocenters. The standard InChI is InChI=1S/C14H15ClN2O/c1-3-4-11-13(16-8-17-14(11)18)10-6-5-9(2)12(15)7-10/h5-8H,3-4H2,1-2H3,(H,16,17,18). The van der Waals surface area contributed by atoms with Crippen LogP contribution >= 0.6 is 11.6 Å². The van der Waals surface area contributed by atoms with Crippen molar-refractivity contribution < 1.29 is 0 Å². The minimum absolute atomic E-state index is 0.0708. The van der Waals surface area contributed by atoms with Crippen LogP contribution in [0.3, 0.4) is 0 Å². The van der Waals surface area contributed by atoms with Gasteiger partial charge in [-0.3, -0.25) is 4.79 Å². The maximum Gasteiger partial charge on any atom is 0.254 e. The van der Waals surface area contributed by atoms with Crippen LogP contribution in [-0.4, -0.2) is 9.97 Å². The average Bonchev–Trinajstić information content (AvgIpc) is 2.35. The van der Waals surface area contributed by atoms with Gasteiger partial charge in [-0.1, -0.05) is 37.1 Å². The molecule has 0 aliphatic heterocycles. The molecule has 1 heterocycles. The van der Waals surface area contributed by atoms with Crippen LogP contribution < -0.4 is 5.56 Å². The molecule has 0 spiro atoms. The first-order valence-electron chi connectivity index (χ1n) is 5.96. The average molecular weight is 263 g/mol. The van der Waals surface area contributed by atoms with Crippen LogP contribution in [0.4, 0.5) is 0 Å². The molecule has 0 amide bonds. The second-order valence-electron chi connectivity index (χ2n) is 4.27. The molecule has 0 fully saturated rings. The summed E-state index contributed by atoms with van der Waals surface area (Å²) in [6, 6.07) is 5.75. The SMILES string of the molecule is CCCc1c(-c2ccc(C)c(Cl)c2)nc[nH]c1=O. The van der Waals surface area contributed by atoms with E-state index in [0.717, 1.165) is 28.8 Å². The van der Waals surface area contributed by atoms with E-state index in [1.165, 1.54) is 6.33 Å². The Kier molecular flexibility index (Phi) is 3.82. The van der Waals surface area contributed by atoms with Crippen LogP contribution in [0.15, 0.2) is 29.3 Å². The number of aromatic amines is 1. The lowest BCUT2D eigenvalue weighted by Crippen LogP contribution is -2.14. The highest BCUT2D eigenvalue weighted by atomic mass is 35.5. The Morgan fingerprint density at radius 2 is 2.17 bits per heavy atom. The number of rotatable bonds is 3. The molecule has 2 aromatic rings. The topological polar surface area (TPSA) is 45.8 Å². The van der Waals surface area contributed by atoms with E-state index in [2.05, 4.69) is 9.97 Å². The van der Waals surface area contributed by atoms with Gasteiger partial charge in [0, 0.05) is 16.1 Å². The molecule has 2 rings (SSSR count). The normalized spacial score (nSPS) is 10.6. The van der Waals surface area contributed by atoms with Gasteiger partial charge in [-0.15, -0.1) is 0 Å². The zero-order valence-corrected chi connectivity index (χ0v) is 11.2. The van der Waals surface area contributed by atoms with Gasteiger partial charge >= 0.3 is 0 Å². The number of benzene rings is 1. The summed E-state index contributed by atoms with van der Waals surface area (Å²) < 4.78 is 0. The molecule has 94 valence electrons. The second kappa shape index (κ2) is 5.36. The Bertz CT molecular complexity index is 619. The number of nitrogens with zero attached hydrogens (tertiary/aromatic N) is 1. The van der Waals surface area contributed by atoms with Crippen molar-refractivity contribution >= 4 is 11.6 Å². The maximum atomic E-state index is 11.8. The van der Waals surface area contributed by atoms with Gasteiger partial charge in [0.15, 0.2) is 0 Å². The monoisotopic (exact) mass is 262 g/mol. The summed E-state index contributed by atoms with van der Waals surface area (Å²) in [6.07, 6.45) is 3.05. The van der Waals surface area contributed by atoms with Gasteiger partial charge in [0.25, 0.3) is 5.56 Å². The van der Waals surface area contributed by atoms with Crippen LogP contribution in [0, 0.1) is 6.92 Å². The van der Waals surface area contributed by atoms with E-state index in [4.69, 9.17) is 11.6 Å². The first-order valence-corrected chi connectivity index (χ1v) is 6.34. The number of aryl methyl sites for hydroxylation is 1. The molecule has 3 nitrogen and oxygen atoms in total. The Balaban J connectivity index is 2.59. The predicted octanol–water partition coefficient (Wildman–Crippen LogP) is 3.35. The lowest BCUT2D eigenvalue weighted by molar-refractivity contribution is 0.888. The summed E-state index contributed by atoms with van der Waals surface area (Å²) in [5.74, 6) is 0. The van der Waals surface area contributed by atoms with Crippen LogP contribution in [0.2, 0.25) is 5.02 Å². The van der Waals surface area contributed by atoms with Crippen molar-refractivity contribution in [2.75, 3.05) is 0 Å². The van der Waals surface area contributed by atoms with Gasteiger partial charge in [-0.2, -0.15) is 0 Å². The Morgan fingerprint density at radius 1 is 1.39 bits per heavy atom. The number of aromatic nitrogens is 2. The number of H-pyrrole nitrogens is 1. The van der Waals surface area contributed by atoms with Gasteiger partial charge in [0.2, 0.25) is 0 Å². The second-order valence-corrected chi connectivity index (χ2v) is 4.68. The van der Waals surface area contributed by atoms with Crippen LogP contribution in [0.5, 0.6) is 0 Å².